The molecule has 0 aliphatic heterocycles. The molecular formula is C24H31N4O+. The summed E-state index contributed by atoms with van der Waals surface area (Å²) >= 11 is 0. The number of carbonyl (C=O) groups is 1. The quantitative estimate of drug-likeness (QED) is 0.649. The van der Waals surface area contributed by atoms with Gasteiger partial charge in [0.2, 0.25) is 0 Å². The SMILES string of the molecule is Cc1nn(-c2ccccc2)c(C)c1C[NH+](C)CC(=O)Nc1ccc(C(C)C)cc1. The van der Waals surface area contributed by atoms with E-state index in [0.717, 1.165) is 34.2 Å². The monoisotopic (exact) mass is 391 g/mol. The predicted molar refractivity (Wildman–Crippen MR) is 118 cm³/mol. The van der Waals surface area contributed by atoms with Crippen LogP contribution in [-0.2, 0) is 11.3 Å². The van der Waals surface area contributed by atoms with Crippen molar-refractivity contribution in [1.29, 1.82) is 0 Å². The zero-order chi connectivity index (χ0) is 21.0. The number of nitrogens with one attached hydrogen (secondary N) is 2. The van der Waals surface area contributed by atoms with Gasteiger partial charge in [-0.3, -0.25) is 4.79 Å². The third-order valence-electron chi connectivity index (χ3n) is 5.24. The summed E-state index contributed by atoms with van der Waals surface area (Å²) in [4.78, 5) is 13.6. The molecule has 1 atom stereocenters. The third-order valence-corrected chi connectivity index (χ3v) is 5.24. The lowest BCUT2D eigenvalue weighted by molar-refractivity contribution is -0.885. The van der Waals surface area contributed by atoms with Crippen LogP contribution in [0.5, 0.6) is 0 Å². The van der Waals surface area contributed by atoms with E-state index in [1.165, 1.54) is 11.1 Å². The zero-order valence-corrected chi connectivity index (χ0v) is 18.0. The third kappa shape index (κ3) is 5.12. The highest BCUT2D eigenvalue weighted by Gasteiger charge is 2.18. The van der Waals surface area contributed by atoms with E-state index in [-0.39, 0.29) is 5.91 Å². The number of rotatable bonds is 7. The molecule has 0 radical (unpaired) electrons. The van der Waals surface area contributed by atoms with Gasteiger partial charge in [0, 0.05) is 5.69 Å². The highest BCUT2D eigenvalue weighted by atomic mass is 16.2. The number of hydrogen-bond donors (Lipinski definition) is 2. The van der Waals surface area contributed by atoms with Gasteiger partial charge in [0.05, 0.1) is 29.7 Å². The summed E-state index contributed by atoms with van der Waals surface area (Å²) in [7, 11) is 2.04. The van der Waals surface area contributed by atoms with Crippen molar-refractivity contribution in [2.24, 2.45) is 0 Å². The molecular weight excluding hydrogens is 360 g/mol. The molecule has 2 aromatic carbocycles. The van der Waals surface area contributed by atoms with Crippen LogP contribution in [0.15, 0.2) is 54.6 Å². The van der Waals surface area contributed by atoms with Crippen LogP contribution in [0.1, 0.15) is 42.3 Å². The molecule has 0 spiro atoms. The maximum Gasteiger partial charge on any atom is 0.279 e. The predicted octanol–water partition coefficient (Wildman–Crippen LogP) is 3.27. The van der Waals surface area contributed by atoms with Crippen molar-refractivity contribution in [2.75, 3.05) is 18.9 Å². The van der Waals surface area contributed by atoms with Crippen molar-refractivity contribution in [1.82, 2.24) is 9.78 Å². The maximum absolute atomic E-state index is 12.5. The first-order valence-electron chi connectivity index (χ1n) is 10.2. The largest absolute Gasteiger partial charge is 0.326 e. The number of carbonyl (C=O) groups excluding carboxylic acids is 1. The van der Waals surface area contributed by atoms with Crippen LogP contribution in [0.3, 0.4) is 0 Å². The molecule has 0 bridgehead atoms. The number of likely N-dealkylation sites (N-methyl/N-ethyl adjacent to an activating group) is 1. The van der Waals surface area contributed by atoms with Crippen LogP contribution in [0.4, 0.5) is 5.69 Å². The maximum atomic E-state index is 12.5. The Morgan fingerprint density at radius 1 is 1.07 bits per heavy atom. The van der Waals surface area contributed by atoms with Gasteiger partial charge in [0.25, 0.3) is 5.91 Å². The molecule has 5 heteroatoms. The normalized spacial score (nSPS) is 12.2. The van der Waals surface area contributed by atoms with E-state index in [4.69, 9.17) is 5.10 Å². The highest BCUT2D eigenvalue weighted by Crippen LogP contribution is 2.18. The van der Waals surface area contributed by atoms with Crippen LogP contribution >= 0.6 is 0 Å². The van der Waals surface area contributed by atoms with Crippen molar-refractivity contribution in [2.45, 2.75) is 40.2 Å². The van der Waals surface area contributed by atoms with Gasteiger partial charge >= 0.3 is 0 Å². The second-order valence-corrected chi connectivity index (χ2v) is 8.03. The minimum absolute atomic E-state index is 0.0190. The number of anilines is 1. The van der Waals surface area contributed by atoms with Crippen molar-refractivity contribution in [3.8, 4) is 5.69 Å². The molecule has 3 rings (SSSR count). The molecule has 0 saturated heterocycles. The fourth-order valence-corrected chi connectivity index (χ4v) is 3.55. The van der Waals surface area contributed by atoms with Gasteiger partial charge in [-0.2, -0.15) is 5.10 Å². The standard InChI is InChI=1S/C24H30N4O/c1-17(2)20-11-13-21(14-12-20)25-24(29)16-27(5)15-23-18(3)26-28(19(23)4)22-9-7-6-8-10-22/h6-14,17H,15-16H2,1-5H3,(H,25,29)/p+1. The summed E-state index contributed by atoms with van der Waals surface area (Å²) in [6.07, 6.45) is 0. The van der Waals surface area contributed by atoms with Gasteiger partial charge in [-0.15, -0.1) is 0 Å². The summed E-state index contributed by atoms with van der Waals surface area (Å²) in [6, 6.07) is 18.2. The van der Waals surface area contributed by atoms with Crippen molar-refractivity contribution >= 4 is 11.6 Å². The van der Waals surface area contributed by atoms with E-state index in [0.29, 0.717) is 12.5 Å². The van der Waals surface area contributed by atoms with Crippen LogP contribution in [0, 0.1) is 13.8 Å². The minimum atomic E-state index is 0.0190. The van der Waals surface area contributed by atoms with Crippen LogP contribution in [0.2, 0.25) is 0 Å². The zero-order valence-electron chi connectivity index (χ0n) is 18.0. The van der Waals surface area contributed by atoms with Gasteiger partial charge in [0.15, 0.2) is 6.54 Å². The van der Waals surface area contributed by atoms with Crippen LogP contribution < -0.4 is 10.2 Å². The lowest BCUT2D eigenvalue weighted by atomic mass is 10.0. The van der Waals surface area contributed by atoms with E-state index in [1.54, 1.807) is 0 Å². The van der Waals surface area contributed by atoms with Crippen molar-refractivity contribution < 1.29 is 9.69 Å². The number of nitrogens with zero attached hydrogens (tertiary/aromatic N) is 2. The summed E-state index contributed by atoms with van der Waals surface area (Å²) in [5, 5.41) is 7.71. The molecule has 2 N–H and O–H groups in total. The smallest absolute Gasteiger partial charge is 0.279 e. The highest BCUT2D eigenvalue weighted by molar-refractivity contribution is 5.91. The number of aryl methyl sites for hydroxylation is 1. The minimum Gasteiger partial charge on any atom is -0.326 e. The number of para-hydroxylation sites is 1. The van der Waals surface area contributed by atoms with Gasteiger partial charge < -0.3 is 10.2 Å². The molecule has 0 saturated carbocycles. The second kappa shape index (κ2) is 9.05. The topological polar surface area (TPSA) is 51.4 Å². The first-order valence-corrected chi connectivity index (χ1v) is 10.2. The first-order chi connectivity index (χ1) is 13.8. The summed E-state index contributed by atoms with van der Waals surface area (Å²) in [6.45, 7) is 9.61. The number of aromatic nitrogens is 2. The molecule has 29 heavy (non-hydrogen) atoms. The molecule has 152 valence electrons. The number of amides is 1. The Labute approximate surface area is 173 Å². The Balaban J connectivity index is 1.62. The number of benzene rings is 2. The fourth-order valence-electron chi connectivity index (χ4n) is 3.55. The molecule has 1 unspecified atom stereocenters. The number of hydrogen-bond acceptors (Lipinski definition) is 2. The summed E-state index contributed by atoms with van der Waals surface area (Å²) in [5.74, 6) is 0.504. The molecule has 3 aromatic rings. The average molecular weight is 392 g/mol. The lowest BCUT2D eigenvalue weighted by Gasteiger charge is -2.15. The Morgan fingerprint density at radius 2 is 1.72 bits per heavy atom. The van der Waals surface area contributed by atoms with E-state index in [9.17, 15) is 4.79 Å². The van der Waals surface area contributed by atoms with Gasteiger partial charge in [0.1, 0.15) is 6.54 Å². The van der Waals surface area contributed by atoms with E-state index < -0.39 is 0 Å². The molecule has 0 aliphatic carbocycles. The molecule has 1 aromatic heterocycles. The molecule has 0 aliphatic rings. The Kier molecular flexibility index (Phi) is 6.49. The fraction of sp³-hybridized carbons (Fsp3) is 0.333. The first kappa shape index (κ1) is 20.8. The van der Waals surface area contributed by atoms with Gasteiger partial charge in [-0.1, -0.05) is 44.2 Å². The van der Waals surface area contributed by atoms with Gasteiger partial charge in [-0.25, -0.2) is 4.68 Å². The Bertz CT molecular complexity index is 959. The van der Waals surface area contributed by atoms with E-state index in [2.05, 4.69) is 50.4 Å². The summed E-state index contributed by atoms with van der Waals surface area (Å²) in [5.41, 5.74) is 6.50. The molecule has 1 amide bonds. The van der Waals surface area contributed by atoms with Gasteiger partial charge in [-0.05, 0) is 49.6 Å². The molecule has 5 nitrogen and oxygen atoms in total. The lowest BCUT2D eigenvalue weighted by Crippen LogP contribution is -3.08. The van der Waals surface area contributed by atoms with Crippen molar-refractivity contribution in [3.05, 3.63) is 77.1 Å². The van der Waals surface area contributed by atoms with Crippen molar-refractivity contribution in [3.63, 3.8) is 0 Å². The van der Waals surface area contributed by atoms with Crippen LogP contribution in [0.25, 0.3) is 5.69 Å². The second-order valence-electron chi connectivity index (χ2n) is 8.03. The average Bonchev–Trinajstić information content (AvgIpc) is 2.97. The Morgan fingerprint density at radius 3 is 2.34 bits per heavy atom. The molecule has 1 heterocycles. The van der Waals surface area contributed by atoms with E-state index in [1.807, 2.05) is 49.0 Å². The van der Waals surface area contributed by atoms with Crippen LogP contribution in [-0.4, -0.2) is 29.3 Å². The molecule has 0 fully saturated rings. The summed E-state index contributed by atoms with van der Waals surface area (Å²) < 4.78 is 1.98. The van der Waals surface area contributed by atoms with E-state index >= 15 is 0 Å². The Hall–Kier alpha value is -2.92. The number of quaternary nitrogens is 1.